The molecule has 17 heteroatoms. The molecule has 3 amide bonds. The van der Waals surface area contributed by atoms with Crippen LogP contribution in [0.25, 0.3) is 0 Å². The highest BCUT2D eigenvalue weighted by Gasteiger charge is 2.43. The van der Waals surface area contributed by atoms with Crippen molar-refractivity contribution in [2.45, 2.75) is 81.5 Å². The summed E-state index contributed by atoms with van der Waals surface area (Å²) in [6.45, 7) is 0.000735. The zero-order valence-electron chi connectivity index (χ0n) is 27.4. The third-order valence-corrected chi connectivity index (χ3v) is 7.73. The summed E-state index contributed by atoms with van der Waals surface area (Å²) in [5, 5.41) is 28.9. The maximum Gasteiger partial charge on any atom is 0.303 e. The Hall–Kier alpha value is -4.68. The van der Waals surface area contributed by atoms with Gasteiger partial charge in [0.15, 0.2) is 23.4 Å². The Morgan fingerprint density at radius 2 is 1.78 bits per heavy atom. The van der Waals surface area contributed by atoms with E-state index in [1.165, 1.54) is 26.1 Å². The molecule has 10 N–H and O–H groups in total. The second kappa shape index (κ2) is 20.0. The molecule has 17 nitrogen and oxygen atoms in total. The van der Waals surface area contributed by atoms with Gasteiger partial charge < -0.3 is 42.0 Å². The fourth-order valence-electron chi connectivity index (χ4n) is 4.92. The third kappa shape index (κ3) is 12.4. The lowest BCUT2D eigenvalue weighted by atomic mass is 9.95. The molecule has 1 aromatic carbocycles. The van der Waals surface area contributed by atoms with E-state index in [1.807, 2.05) is 0 Å². The number of nitrogens with one attached hydrogen (secondary N) is 4. The summed E-state index contributed by atoms with van der Waals surface area (Å²) < 4.78 is 0. The first-order valence-electron chi connectivity index (χ1n) is 15.7. The standard InChI is InChI=1S/C32H45N7O10/c1-18(41)25(34)29(47)26-32(49)39(27(31(48)35-2)28(46)21(33)15-19-9-5-3-6-10-19)14-8-4-7-11-23(43)38-30(22(42)16-36-26)37-20(17-40)12-13-24(44)45/h3-6,8-10,17-18,20-21,25-27,30,36-37,41H,7,11-16,33-34H2,1-2H3,(H,35,48)(H,38,43)(H,44,45)/t18-,20+,21-,25-,26-,27-,30+/m0/s1. The van der Waals surface area contributed by atoms with Crippen molar-refractivity contribution in [3.05, 3.63) is 48.0 Å². The lowest BCUT2D eigenvalue weighted by Gasteiger charge is -2.34. The molecule has 0 saturated heterocycles. The van der Waals surface area contributed by atoms with Gasteiger partial charge in [-0.3, -0.25) is 44.2 Å². The van der Waals surface area contributed by atoms with Crippen molar-refractivity contribution < 1.29 is 48.6 Å². The van der Waals surface area contributed by atoms with Crippen molar-refractivity contribution in [2.75, 3.05) is 20.1 Å². The molecule has 0 unspecified atom stereocenters. The number of nitrogens with two attached hydrogens (primary N) is 2. The number of aliphatic hydroxyl groups is 1. The number of nitrogens with zero attached hydrogens (tertiary/aromatic N) is 1. The molecule has 0 spiro atoms. The minimum absolute atomic E-state index is 0.0186. The van der Waals surface area contributed by atoms with E-state index in [4.69, 9.17) is 16.6 Å². The summed E-state index contributed by atoms with van der Waals surface area (Å²) in [7, 11) is 1.24. The highest BCUT2D eigenvalue weighted by molar-refractivity contribution is 6.14. The second-order valence-corrected chi connectivity index (χ2v) is 11.5. The number of carboxylic acids is 1. The Kier molecular flexibility index (Phi) is 16.5. The van der Waals surface area contributed by atoms with Crippen LogP contribution in [0.5, 0.6) is 0 Å². The van der Waals surface area contributed by atoms with E-state index in [9.17, 15) is 43.5 Å². The zero-order chi connectivity index (χ0) is 36.7. The lowest BCUT2D eigenvalue weighted by Crippen LogP contribution is -2.65. The van der Waals surface area contributed by atoms with Crippen molar-refractivity contribution in [2.24, 2.45) is 11.5 Å². The Bertz CT molecular complexity index is 1390. The number of allylic oxidation sites excluding steroid dienone is 1. The first-order valence-corrected chi connectivity index (χ1v) is 15.7. The summed E-state index contributed by atoms with van der Waals surface area (Å²) >= 11 is 0. The quantitative estimate of drug-likeness (QED) is 0.0509. The van der Waals surface area contributed by atoms with Crippen molar-refractivity contribution in [3.63, 3.8) is 0 Å². The van der Waals surface area contributed by atoms with Crippen LogP contribution in [0.1, 0.15) is 38.2 Å². The maximum atomic E-state index is 14.2. The molecule has 0 saturated carbocycles. The number of carbonyl (C=O) groups excluding carboxylic acids is 7. The number of ketones is 3. The van der Waals surface area contributed by atoms with E-state index in [0.717, 1.165) is 4.90 Å². The number of aliphatic hydroxyl groups excluding tert-OH is 1. The number of aldehydes is 1. The third-order valence-electron chi connectivity index (χ3n) is 7.73. The van der Waals surface area contributed by atoms with Gasteiger partial charge in [-0.05, 0) is 31.7 Å². The molecule has 1 aromatic rings. The first-order chi connectivity index (χ1) is 23.2. The van der Waals surface area contributed by atoms with Gasteiger partial charge in [-0.15, -0.1) is 0 Å². The van der Waals surface area contributed by atoms with Gasteiger partial charge in [-0.1, -0.05) is 42.5 Å². The Balaban J connectivity index is 2.57. The topological polar surface area (TPSA) is 280 Å². The van der Waals surface area contributed by atoms with E-state index in [2.05, 4.69) is 21.3 Å². The number of carbonyl (C=O) groups is 8. The predicted octanol–water partition coefficient (Wildman–Crippen LogP) is -3.31. The second-order valence-electron chi connectivity index (χ2n) is 11.5. The van der Waals surface area contributed by atoms with Crippen LogP contribution in [0.2, 0.25) is 0 Å². The van der Waals surface area contributed by atoms with E-state index in [0.29, 0.717) is 11.8 Å². The molecule has 49 heavy (non-hydrogen) atoms. The smallest absolute Gasteiger partial charge is 0.303 e. The molecule has 0 aliphatic carbocycles. The van der Waals surface area contributed by atoms with Crippen LogP contribution < -0.4 is 32.7 Å². The summed E-state index contributed by atoms with van der Waals surface area (Å²) in [5.74, 6) is -6.66. The average molecular weight is 688 g/mol. The highest BCUT2D eigenvalue weighted by Crippen LogP contribution is 2.13. The van der Waals surface area contributed by atoms with E-state index in [-0.39, 0.29) is 25.7 Å². The van der Waals surface area contributed by atoms with E-state index < -0.39 is 103 Å². The molecular formula is C32H45N7O10. The van der Waals surface area contributed by atoms with Crippen LogP contribution in [-0.2, 0) is 44.8 Å². The van der Waals surface area contributed by atoms with Crippen molar-refractivity contribution in [3.8, 4) is 0 Å². The van der Waals surface area contributed by atoms with E-state index in [1.54, 1.807) is 30.3 Å². The Morgan fingerprint density at radius 3 is 2.37 bits per heavy atom. The average Bonchev–Trinajstić information content (AvgIpc) is 3.07. The summed E-state index contributed by atoms with van der Waals surface area (Å²) in [5.41, 5.74) is 12.8. The van der Waals surface area contributed by atoms with Gasteiger partial charge in [0.05, 0.1) is 30.8 Å². The number of likely N-dealkylation sites (N-methyl/N-ethyl adjacent to an activating group) is 1. The number of hydrogen-bond donors (Lipinski definition) is 8. The van der Waals surface area contributed by atoms with Crippen LogP contribution in [0.3, 0.4) is 0 Å². The van der Waals surface area contributed by atoms with E-state index >= 15 is 0 Å². The van der Waals surface area contributed by atoms with Gasteiger partial charge in [0, 0.05) is 26.4 Å². The summed E-state index contributed by atoms with van der Waals surface area (Å²) in [6.07, 6.45) is -0.445. The molecular weight excluding hydrogens is 642 g/mol. The fraction of sp³-hybridized carbons (Fsp3) is 0.500. The van der Waals surface area contributed by atoms with Crippen LogP contribution in [0.15, 0.2) is 42.5 Å². The van der Waals surface area contributed by atoms with Gasteiger partial charge in [0.1, 0.15) is 18.5 Å². The molecule has 268 valence electrons. The maximum absolute atomic E-state index is 14.2. The van der Waals surface area contributed by atoms with Gasteiger partial charge in [0.2, 0.25) is 17.7 Å². The molecule has 7 atom stereocenters. The number of benzene rings is 1. The van der Waals surface area contributed by atoms with Crippen molar-refractivity contribution >= 4 is 47.3 Å². The van der Waals surface area contributed by atoms with Crippen molar-refractivity contribution in [1.29, 1.82) is 0 Å². The normalized spacial score (nSPS) is 20.9. The number of Topliss-reactive ketones (excluding diaryl/α,β-unsaturated/α-hetero) is 3. The van der Waals surface area contributed by atoms with Crippen molar-refractivity contribution in [1.82, 2.24) is 26.2 Å². The van der Waals surface area contributed by atoms with Crippen LogP contribution in [0, 0.1) is 0 Å². The van der Waals surface area contributed by atoms with Gasteiger partial charge in [0.25, 0.3) is 0 Å². The Labute approximate surface area is 283 Å². The van der Waals surface area contributed by atoms with Gasteiger partial charge in [-0.2, -0.15) is 0 Å². The molecule has 1 aliphatic heterocycles. The molecule has 0 bridgehead atoms. The van der Waals surface area contributed by atoms with Gasteiger partial charge in [-0.25, -0.2) is 0 Å². The molecule has 0 fully saturated rings. The summed E-state index contributed by atoms with van der Waals surface area (Å²) in [4.78, 5) is 104. The molecule has 0 radical (unpaired) electrons. The molecule has 1 aliphatic rings. The predicted molar refractivity (Wildman–Crippen MR) is 174 cm³/mol. The molecule has 0 aromatic heterocycles. The number of hydrogen-bond acceptors (Lipinski definition) is 13. The van der Waals surface area contributed by atoms with Gasteiger partial charge >= 0.3 is 5.97 Å². The fourth-order valence-corrected chi connectivity index (χ4v) is 4.92. The number of amides is 3. The minimum Gasteiger partial charge on any atom is -0.481 e. The zero-order valence-corrected chi connectivity index (χ0v) is 27.4. The number of rotatable bonds is 15. The highest BCUT2D eigenvalue weighted by atomic mass is 16.4. The molecule has 2 rings (SSSR count). The molecule has 1 heterocycles. The number of carboxylic acid groups (broad SMARTS) is 1. The summed E-state index contributed by atoms with van der Waals surface area (Å²) in [6, 6.07) is 0.799. The lowest BCUT2D eigenvalue weighted by molar-refractivity contribution is -0.150. The monoisotopic (exact) mass is 687 g/mol. The largest absolute Gasteiger partial charge is 0.481 e. The van der Waals surface area contributed by atoms with Crippen LogP contribution in [-0.4, -0.2) is 125 Å². The van der Waals surface area contributed by atoms with Crippen LogP contribution >= 0.6 is 0 Å². The number of aliphatic carboxylic acids is 1. The Morgan fingerprint density at radius 1 is 1.10 bits per heavy atom. The first kappa shape index (κ1) is 40.5. The minimum atomic E-state index is -1.99. The SMILES string of the molecule is CNC(=O)[C@H](C(=O)[C@@H](N)Cc1ccccc1)N1CC=CCCC(=O)N[C@@H](N[C@@H](C=O)CCC(=O)O)C(=O)CN[C@@H](C(=O)[C@@H](N)[C@H](C)O)C1=O. The van der Waals surface area contributed by atoms with Crippen LogP contribution in [0.4, 0.5) is 0 Å².